The summed E-state index contributed by atoms with van der Waals surface area (Å²) in [6, 6.07) is 6.86. The van der Waals surface area contributed by atoms with Crippen molar-refractivity contribution in [3.63, 3.8) is 0 Å². The lowest BCUT2D eigenvalue weighted by Gasteiger charge is -2.41. The van der Waals surface area contributed by atoms with Gasteiger partial charge in [0.25, 0.3) is 0 Å². The molecule has 114 valence electrons. The highest BCUT2D eigenvalue weighted by Gasteiger charge is 2.34. The summed E-state index contributed by atoms with van der Waals surface area (Å²) in [5.74, 6) is -0.0843. The number of aliphatic hydroxyl groups excluding tert-OH is 1. The number of likely N-dealkylation sites (N-methyl/N-ethyl adjacent to an activating group) is 1. The van der Waals surface area contributed by atoms with Crippen LogP contribution in [-0.4, -0.2) is 46.9 Å². The number of Topliss-reactive ketones (excluding diaryl/α,β-unsaturated/α-hetero) is 1. The summed E-state index contributed by atoms with van der Waals surface area (Å²) in [5, 5.41) is 12.2. The molecule has 5 nitrogen and oxygen atoms in total. The first kappa shape index (κ1) is 15.7. The number of carbonyl (C=O) groups excluding carboxylic acids is 2. The topological polar surface area (TPSA) is 69.6 Å². The van der Waals surface area contributed by atoms with E-state index in [0.29, 0.717) is 11.3 Å². The van der Waals surface area contributed by atoms with Gasteiger partial charge in [-0.1, -0.05) is 0 Å². The normalized spacial score (nSPS) is 22.5. The minimum absolute atomic E-state index is 0.00418. The standard InChI is InChI=1S/C16H22N2O3/c1-10(18(3)14-8-15(20)9-14)16(21)17-13-6-4-12(5-7-13)11(2)19/h4-7,10,14-15,20H,8-9H2,1-3H3,(H,17,21)/t10-,14?,15?/m1/s1. The summed E-state index contributed by atoms with van der Waals surface area (Å²) >= 11 is 0. The van der Waals surface area contributed by atoms with E-state index >= 15 is 0 Å². The molecule has 2 rings (SSSR count). The summed E-state index contributed by atoms with van der Waals surface area (Å²) in [6.45, 7) is 3.36. The van der Waals surface area contributed by atoms with Crippen LogP contribution in [0.4, 0.5) is 5.69 Å². The van der Waals surface area contributed by atoms with Crippen LogP contribution in [0.25, 0.3) is 0 Å². The second-order valence-corrected chi connectivity index (χ2v) is 5.74. The predicted octanol–water partition coefficient (Wildman–Crippen LogP) is 1.67. The first-order valence-electron chi connectivity index (χ1n) is 7.20. The van der Waals surface area contributed by atoms with E-state index in [1.54, 1.807) is 24.3 Å². The van der Waals surface area contributed by atoms with Crippen LogP contribution in [0.3, 0.4) is 0 Å². The van der Waals surface area contributed by atoms with E-state index in [2.05, 4.69) is 5.32 Å². The highest BCUT2D eigenvalue weighted by molar-refractivity contribution is 5.96. The quantitative estimate of drug-likeness (QED) is 0.809. The molecule has 1 aromatic rings. The van der Waals surface area contributed by atoms with Crippen LogP contribution in [0.5, 0.6) is 0 Å². The van der Waals surface area contributed by atoms with Crippen LogP contribution in [0.2, 0.25) is 0 Å². The van der Waals surface area contributed by atoms with E-state index in [4.69, 9.17) is 0 Å². The Balaban J connectivity index is 1.92. The van der Waals surface area contributed by atoms with Gasteiger partial charge in [-0.25, -0.2) is 0 Å². The lowest BCUT2D eigenvalue weighted by Crippen LogP contribution is -2.52. The van der Waals surface area contributed by atoms with Gasteiger partial charge in [-0.3, -0.25) is 14.5 Å². The van der Waals surface area contributed by atoms with Crippen LogP contribution in [0.15, 0.2) is 24.3 Å². The van der Waals surface area contributed by atoms with Crippen molar-refractivity contribution in [1.82, 2.24) is 4.90 Å². The Hall–Kier alpha value is -1.72. The Morgan fingerprint density at radius 1 is 1.29 bits per heavy atom. The lowest BCUT2D eigenvalue weighted by molar-refractivity contribution is -0.122. The molecule has 1 fully saturated rings. The Bertz CT molecular complexity index is 521. The summed E-state index contributed by atoms with van der Waals surface area (Å²) in [5.41, 5.74) is 1.31. The van der Waals surface area contributed by atoms with E-state index in [-0.39, 0.29) is 29.9 Å². The first-order valence-corrected chi connectivity index (χ1v) is 7.20. The molecule has 0 saturated heterocycles. The van der Waals surface area contributed by atoms with Crippen LogP contribution in [0, 0.1) is 0 Å². The maximum atomic E-state index is 12.2. The second-order valence-electron chi connectivity index (χ2n) is 5.74. The van der Waals surface area contributed by atoms with Crippen molar-refractivity contribution >= 4 is 17.4 Å². The first-order chi connectivity index (χ1) is 9.88. The molecule has 0 radical (unpaired) electrons. The fourth-order valence-corrected chi connectivity index (χ4v) is 2.43. The van der Waals surface area contributed by atoms with E-state index in [0.717, 1.165) is 12.8 Å². The number of nitrogens with one attached hydrogen (secondary N) is 1. The number of amides is 1. The summed E-state index contributed by atoms with van der Waals surface area (Å²) < 4.78 is 0. The van der Waals surface area contributed by atoms with Gasteiger partial charge in [-0.05, 0) is 58.0 Å². The number of anilines is 1. The fourth-order valence-electron chi connectivity index (χ4n) is 2.43. The number of nitrogens with zero attached hydrogens (tertiary/aromatic N) is 1. The van der Waals surface area contributed by atoms with Crippen molar-refractivity contribution in [2.24, 2.45) is 0 Å². The predicted molar refractivity (Wildman–Crippen MR) is 81.3 cm³/mol. The zero-order chi connectivity index (χ0) is 15.6. The van der Waals surface area contributed by atoms with Gasteiger partial charge in [0.2, 0.25) is 5.91 Å². The SMILES string of the molecule is CC(=O)c1ccc(NC(=O)[C@@H](C)N(C)C2CC(O)C2)cc1. The Labute approximate surface area is 125 Å². The number of ketones is 1. The molecule has 1 aliphatic carbocycles. The van der Waals surface area contributed by atoms with Gasteiger partial charge in [0.05, 0.1) is 12.1 Å². The van der Waals surface area contributed by atoms with E-state index in [1.807, 2.05) is 18.9 Å². The zero-order valence-electron chi connectivity index (χ0n) is 12.7. The molecule has 0 aliphatic heterocycles. The Morgan fingerprint density at radius 2 is 1.86 bits per heavy atom. The molecule has 1 atom stereocenters. The number of carbonyl (C=O) groups is 2. The van der Waals surface area contributed by atoms with Crippen molar-refractivity contribution in [2.45, 2.75) is 44.9 Å². The second kappa shape index (κ2) is 6.37. The molecule has 0 aromatic heterocycles. The molecule has 1 amide bonds. The molecule has 0 unspecified atom stereocenters. The largest absolute Gasteiger partial charge is 0.393 e. The van der Waals surface area contributed by atoms with Crippen molar-refractivity contribution < 1.29 is 14.7 Å². The molecule has 1 aromatic carbocycles. The molecule has 0 heterocycles. The molecule has 2 N–H and O–H groups in total. The van der Waals surface area contributed by atoms with Crippen LogP contribution >= 0.6 is 0 Å². The average molecular weight is 290 g/mol. The highest BCUT2D eigenvalue weighted by Crippen LogP contribution is 2.26. The molecule has 1 aliphatic rings. The lowest BCUT2D eigenvalue weighted by atomic mass is 9.87. The van der Waals surface area contributed by atoms with Gasteiger partial charge in [0.15, 0.2) is 5.78 Å². The fraction of sp³-hybridized carbons (Fsp3) is 0.500. The Kier molecular flexibility index (Phi) is 4.75. The van der Waals surface area contributed by atoms with Crippen LogP contribution < -0.4 is 5.32 Å². The highest BCUT2D eigenvalue weighted by atomic mass is 16.3. The molecule has 0 spiro atoms. The third-order valence-corrected chi connectivity index (χ3v) is 4.21. The third kappa shape index (κ3) is 3.68. The third-order valence-electron chi connectivity index (χ3n) is 4.21. The Morgan fingerprint density at radius 3 is 2.33 bits per heavy atom. The van der Waals surface area contributed by atoms with Crippen LogP contribution in [-0.2, 0) is 4.79 Å². The van der Waals surface area contributed by atoms with Crippen molar-refractivity contribution in [3.05, 3.63) is 29.8 Å². The number of hydrogen-bond acceptors (Lipinski definition) is 4. The molecule has 21 heavy (non-hydrogen) atoms. The average Bonchev–Trinajstić information content (AvgIpc) is 2.43. The van der Waals surface area contributed by atoms with E-state index in [9.17, 15) is 14.7 Å². The minimum Gasteiger partial charge on any atom is -0.393 e. The van der Waals surface area contributed by atoms with Gasteiger partial charge in [0, 0.05) is 17.3 Å². The van der Waals surface area contributed by atoms with Crippen molar-refractivity contribution in [3.8, 4) is 0 Å². The molecule has 1 saturated carbocycles. The smallest absolute Gasteiger partial charge is 0.241 e. The summed E-state index contributed by atoms with van der Waals surface area (Å²) in [6.07, 6.45) is 1.22. The van der Waals surface area contributed by atoms with E-state index in [1.165, 1.54) is 6.92 Å². The van der Waals surface area contributed by atoms with Crippen molar-refractivity contribution in [1.29, 1.82) is 0 Å². The maximum absolute atomic E-state index is 12.2. The van der Waals surface area contributed by atoms with Gasteiger partial charge in [0.1, 0.15) is 0 Å². The van der Waals surface area contributed by atoms with Gasteiger partial charge < -0.3 is 10.4 Å². The number of hydrogen-bond donors (Lipinski definition) is 2. The summed E-state index contributed by atoms with van der Waals surface area (Å²) in [7, 11) is 1.90. The molecule has 5 heteroatoms. The number of aliphatic hydroxyl groups is 1. The van der Waals surface area contributed by atoms with Gasteiger partial charge in [-0.2, -0.15) is 0 Å². The van der Waals surface area contributed by atoms with Gasteiger partial charge in [-0.15, -0.1) is 0 Å². The number of rotatable bonds is 5. The minimum atomic E-state index is -0.269. The monoisotopic (exact) mass is 290 g/mol. The van der Waals surface area contributed by atoms with E-state index < -0.39 is 0 Å². The maximum Gasteiger partial charge on any atom is 0.241 e. The zero-order valence-corrected chi connectivity index (χ0v) is 12.7. The molecular weight excluding hydrogens is 268 g/mol. The molecular formula is C16H22N2O3. The van der Waals surface area contributed by atoms with Crippen LogP contribution in [0.1, 0.15) is 37.0 Å². The molecule has 0 bridgehead atoms. The number of benzene rings is 1. The summed E-state index contributed by atoms with van der Waals surface area (Å²) in [4.78, 5) is 25.4. The van der Waals surface area contributed by atoms with Crippen molar-refractivity contribution in [2.75, 3.05) is 12.4 Å². The van der Waals surface area contributed by atoms with Gasteiger partial charge >= 0.3 is 0 Å².